The molecule has 0 aliphatic carbocycles. The maximum atomic E-state index is 9.63. The van der Waals surface area contributed by atoms with Crippen LogP contribution in [-0.4, -0.2) is 21.1 Å². The highest BCUT2D eigenvalue weighted by molar-refractivity contribution is 5.74. The van der Waals surface area contributed by atoms with E-state index < -0.39 is 0 Å². The Balaban J connectivity index is 1.90. The second-order valence-electron chi connectivity index (χ2n) is 5.12. The van der Waals surface area contributed by atoms with E-state index in [0.717, 1.165) is 41.3 Å². The van der Waals surface area contributed by atoms with Gasteiger partial charge in [0.05, 0.1) is 5.69 Å². The zero-order chi connectivity index (χ0) is 14.9. The lowest BCUT2D eigenvalue weighted by atomic mass is 10.1. The Hall–Kier alpha value is -3.13. The molecule has 4 rings (SSSR count). The van der Waals surface area contributed by atoms with Crippen molar-refractivity contribution in [1.82, 2.24) is 14.5 Å². The van der Waals surface area contributed by atoms with E-state index in [2.05, 4.69) is 21.4 Å². The zero-order valence-electron chi connectivity index (χ0n) is 11.8. The van der Waals surface area contributed by atoms with Crippen LogP contribution in [0.15, 0.2) is 48.9 Å². The van der Waals surface area contributed by atoms with Gasteiger partial charge in [-0.2, -0.15) is 5.26 Å². The number of nitrogens with zero attached hydrogens (tertiary/aromatic N) is 4. The van der Waals surface area contributed by atoms with E-state index in [9.17, 15) is 5.26 Å². The van der Waals surface area contributed by atoms with Gasteiger partial charge in [0.2, 0.25) is 0 Å². The maximum absolute atomic E-state index is 9.63. The number of hydrogen-bond donors (Lipinski definition) is 1. The monoisotopic (exact) mass is 287 g/mol. The molecule has 2 aromatic heterocycles. The third-order valence-corrected chi connectivity index (χ3v) is 3.89. The summed E-state index contributed by atoms with van der Waals surface area (Å²) in [7, 11) is 0. The Bertz CT molecular complexity index is 874. The first-order valence-corrected chi connectivity index (χ1v) is 7.13. The van der Waals surface area contributed by atoms with Gasteiger partial charge in [0, 0.05) is 29.6 Å². The number of anilines is 1. The summed E-state index contributed by atoms with van der Waals surface area (Å²) in [6.07, 6.45) is 4.35. The SMILES string of the molecule is N#Cc1c(-c2ncnc3c2CCN3)ccn1-c1ccccc1. The largest absolute Gasteiger partial charge is 0.369 e. The molecule has 0 unspecified atom stereocenters. The molecule has 0 fully saturated rings. The predicted molar refractivity (Wildman–Crippen MR) is 83.7 cm³/mol. The molecule has 1 aliphatic rings. The molecule has 1 N–H and O–H groups in total. The average Bonchev–Trinajstić information content (AvgIpc) is 3.21. The van der Waals surface area contributed by atoms with E-state index in [1.165, 1.54) is 0 Å². The van der Waals surface area contributed by atoms with Crippen molar-refractivity contribution in [3.63, 3.8) is 0 Å². The highest BCUT2D eigenvalue weighted by atomic mass is 15.0. The lowest BCUT2D eigenvalue weighted by Crippen LogP contribution is -1.98. The number of rotatable bonds is 2. The number of benzene rings is 1. The molecule has 0 radical (unpaired) electrons. The molecule has 0 atom stereocenters. The molecular formula is C17H13N5. The van der Waals surface area contributed by atoms with Crippen LogP contribution in [0, 0.1) is 11.3 Å². The quantitative estimate of drug-likeness (QED) is 0.787. The summed E-state index contributed by atoms with van der Waals surface area (Å²) >= 11 is 0. The van der Waals surface area contributed by atoms with Gasteiger partial charge < -0.3 is 9.88 Å². The molecule has 1 aliphatic heterocycles. The molecule has 0 amide bonds. The van der Waals surface area contributed by atoms with Crippen LogP contribution in [-0.2, 0) is 6.42 Å². The van der Waals surface area contributed by atoms with Crippen molar-refractivity contribution in [1.29, 1.82) is 5.26 Å². The first-order chi connectivity index (χ1) is 10.9. The van der Waals surface area contributed by atoms with Crippen molar-refractivity contribution in [2.45, 2.75) is 6.42 Å². The van der Waals surface area contributed by atoms with E-state index in [1.807, 2.05) is 47.2 Å². The van der Waals surface area contributed by atoms with Gasteiger partial charge in [0.15, 0.2) is 0 Å². The van der Waals surface area contributed by atoms with Gasteiger partial charge in [-0.25, -0.2) is 9.97 Å². The zero-order valence-corrected chi connectivity index (χ0v) is 11.8. The minimum absolute atomic E-state index is 0.596. The first kappa shape index (κ1) is 12.6. The summed E-state index contributed by atoms with van der Waals surface area (Å²) in [6.45, 7) is 0.863. The first-order valence-electron chi connectivity index (χ1n) is 7.13. The van der Waals surface area contributed by atoms with Crippen molar-refractivity contribution in [2.75, 3.05) is 11.9 Å². The Labute approximate surface area is 127 Å². The predicted octanol–water partition coefficient (Wildman–Crippen LogP) is 2.77. The van der Waals surface area contributed by atoms with Crippen molar-refractivity contribution in [3.05, 3.63) is 60.2 Å². The highest BCUT2D eigenvalue weighted by Crippen LogP contribution is 2.32. The fourth-order valence-corrected chi connectivity index (χ4v) is 2.88. The molecule has 3 heterocycles. The van der Waals surface area contributed by atoms with Gasteiger partial charge in [-0.15, -0.1) is 0 Å². The standard InChI is InChI=1S/C17H13N5/c18-10-15-13(7-9-22(15)12-4-2-1-3-5-12)16-14-6-8-19-17(14)21-11-20-16/h1-5,7,9,11H,6,8H2,(H,19,20,21). The van der Waals surface area contributed by atoms with Crippen LogP contribution in [0.2, 0.25) is 0 Å². The van der Waals surface area contributed by atoms with Crippen LogP contribution in [0.1, 0.15) is 11.3 Å². The molecule has 3 aromatic rings. The van der Waals surface area contributed by atoms with Gasteiger partial charge in [-0.1, -0.05) is 18.2 Å². The minimum Gasteiger partial charge on any atom is -0.369 e. The molecule has 0 saturated carbocycles. The van der Waals surface area contributed by atoms with E-state index in [1.54, 1.807) is 6.33 Å². The molecule has 22 heavy (non-hydrogen) atoms. The Morgan fingerprint density at radius 1 is 1.14 bits per heavy atom. The summed E-state index contributed by atoms with van der Waals surface area (Å²) < 4.78 is 1.90. The fraction of sp³-hybridized carbons (Fsp3) is 0.118. The van der Waals surface area contributed by atoms with E-state index in [4.69, 9.17) is 0 Å². The summed E-state index contributed by atoms with van der Waals surface area (Å²) in [5, 5.41) is 12.9. The van der Waals surface area contributed by atoms with E-state index >= 15 is 0 Å². The second-order valence-corrected chi connectivity index (χ2v) is 5.12. The second kappa shape index (κ2) is 5.01. The molecule has 0 bridgehead atoms. The Morgan fingerprint density at radius 3 is 2.82 bits per heavy atom. The maximum Gasteiger partial charge on any atom is 0.134 e. The minimum atomic E-state index is 0.596. The van der Waals surface area contributed by atoms with E-state index in [0.29, 0.717) is 5.69 Å². The number of nitrogens with one attached hydrogen (secondary N) is 1. The van der Waals surface area contributed by atoms with Crippen LogP contribution in [0.5, 0.6) is 0 Å². The third kappa shape index (κ3) is 1.85. The van der Waals surface area contributed by atoms with Gasteiger partial charge in [-0.3, -0.25) is 0 Å². The Morgan fingerprint density at radius 2 is 2.00 bits per heavy atom. The Kier molecular flexibility index (Phi) is 2.87. The molecule has 1 aromatic carbocycles. The average molecular weight is 287 g/mol. The van der Waals surface area contributed by atoms with Gasteiger partial charge in [0.1, 0.15) is 23.9 Å². The third-order valence-electron chi connectivity index (χ3n) is 3.89. The number of para-hydroxylation sites is 1. The molecular weight excluding hydrogens is 274 g/mol. The van der Waals surface area contributed by atoms with E-state index in [-0.39, 0.29) is 0 Å². The van der Waals surface area contributed by atoms with Crippen LogP contribution in [0.25, 0.3) is 16.9 Å². The van der Waals surface area contributed by atoms with Crippen molar-refractivity contribution >= 4 is 5.82 Å². The van der Waals surface area contributed by atoms with Gasteiger partial charge >= 0.3 is 0 Å². The van der Waals surface area contributed by atoms with Gasteiger partial charge in [-0.05, 0) is 24.6 Å². The number of nitriles is 1. The van der Waals surface area contributed by atoms with Crippen LogP contribution in [0.4, 0.5) is 5.82 Å². The molecule has 5 nitrogen and oxygen atoms in total. The number of fused-ring (bicyclic) bond motifs is 1. The summed E-state index contributed by atoms with van der Waals surface area (Å²) in [5.41, 5.74) is 4.35. The normalized spacial score (nSPS) is 12.5. The molecule has 5 heteroatoms. The molecule has 106 valence electrons. The smallest absolute Gasteiger partial charge is 0.134 e. The lowest BCUT2D eigenvalue weighted by molar-refractivity contribution is 1.05. The van der Waals surface area contributed by atoms with Crippen LogP contribution >= 0.6 is 0 Å². The topological polar surface area (TPSA) is 66.5 Å². The van der Waals surface area contributed by atoms with Crippen molar-refractivity contribution in [3.8, 4) is 23.0 Å². The van der Waals surface area contributed by atoms with Crippen molar-refractivity contribution < 1.29 is 0 Å². The highest BCUT2D eigenvalue weighted by Gasteiger charge is 2.21. The number of hydrogen-bond acceptors (Lipinski definition) is 4. The summed E-state index contributed by atoms with van der Waals surface area (Å²) in [4.78, 5) is 8.67. The summed E-state index contributed by atoms with van der Waals surface area (Å²) in [6, 6.07) is 14.1. The van der Waals surface area contributed by atoms with Gasteiger partial charge in [0.25, 0.3) is 0 Å². The fourth-order valence-electron chi connectivity index (χ4n) is 2.88. The number of aromatic nitrogens is 3. The molecule has 0 saturated heterocycles. The van der Waals surface area contributed by atoms with Crippen LogP contribution in [0.3, 0.4) is 0 Å². The van der Waals surface area contributed by atoms with Crippen molar-refractivity contribution in [2.24, 2.45) is 0 Å². The van der Waals surface area contributed by atoms with Crippen LogP contribution < -0.4 is 5.32 Å². The lowest BCUT2D eigenvalue weighted by Gasteiger charge is -2.07. The summed E-state index contributed by atoms with van der Waals surface area (Å²) in [5.74, 6) is 0.876. The molecule has 0 spiro atoms.